The van der Waals surface area contributed by atoms with Gasteiger partial charge in [-0.05, 0) is 53.7 Å². The molecule has 2 aliphatic rings. The summed E-state index contributed by atoms with van der Waals surface area (Å²) in [5, 5.41) is 10.9. The van der Waals surface area contributed by atoms with E-state index in [1.54, 1.807) is 6.07 Å². The van der Waals surface area contributed by atoms with E-state index in [-0.39, 0.29) is 23.0 Å². The average Bonchev–Trinajstić information content (AvgIpc) is 2.83. The zero-order valence-corrected chi connectivity index (χ0v) is 22.5. The standard InChI is InChI=1S/C30H44N2O3/c1-7-29(3,4)23-12-13-27(25(15-23)30(5,6)8-2)35-20-24(33)19-31-16-21-14-22(18-31)26-10-9-11-28(34)32(26)17-21/h9-13,15,21-22,24,33H,7-8,14,16-20H2,1-6H3. The third-order valence-corrected chi connectivity index (χ3v) is 8.71. The van der Waals surface area contributed by atoms with Crippen molar-refractivity contribution in [3.8, 4) is 5.75 Å². The molecule has 1 N–H and O–H groups in total. The van der Waals surface area contributed by atoms with E-state index in [1.165, 1.54) is 11.1 Å². The largest absolute Gasteiger partial charge is 0.491 e. The van der Waals surface area contributed by atoms with Crippen molar-refractivity contribution in [2.45, 2.75) is 90.2 Å². The van der Waals surface area contributed by atoms with Crippen LogP contribution in [-0.2, 0) is 17.4 Å². The molecule has 2 aliphatic heterocycles. The van der Waals surface area contributed by atoms with E-state index >= 15 is 0 Å². The van der Waals surface area contributed by atoms with Crippen molar-refractivity contribution in [1.29, 1.82) is 0 Å². The Morgan fingerprint density at radius 2 is 1.77 bits per heavy atom. The zero-order chi connectivity index (χ0) is 25.4. The number of benzene rings is 1. The third kappa shape index (κ3) is 5.51. The molecule has 0 radical (unpaired) electrons. The van der Waals surface area contributed by atoms with Crippen LogP contribution in [-0.4, -0.2) is 46.9 Å². The molecule has 35 heavy (non-hydrogen) atoms. The summed E-state index contributed by atoms with van der Waals surface area (Å²) in [5.74, 6) is 1.70. The van der Waals surface area contributed by atoms with Gasteiger partial charge < -0.3 is 14.4 Å². The lowest BCUT2D eigenvalue weighted by Gasteiger charge is -2.43. The summed E-state index contributed by atoms with van der Waals surface area (Å²) in [5.41, 5.74) is 3.93. The number of fused-ring (bicyclic) bond motifs is 4. The van der Waals surface area contributed by atoms with Crippen LogP contribution < -0.4 is 10.3 Å². The molecular weight excluding hydrogens is 436 g/mol. The number of pyridine rings is 1. The number of rotatable bonds is 9. The smallest absolute Gasteiger partial charge is 0.250 e. The average molecular weight is 481 g/mol. The summed E-state index contributed by atoms with van der Waals surface area (Å²) in [6.07, 6.45) is 2.66. The van der Waals surface area contributed by atoms with Gasteiger partial charge in [-0.3, -0.25) is 9.69 Å². The number of aliphatic hydroxyl groups excluding tert-OH is 1. The topological polar surface area (TPSA) is 54.7 Å². The molecule has 0 saturated carbocycles. The predicted molar refractivity (Wildman–Crippen MR) is 143 cm³/mol. The highest BCUT2D eigenvalue weighted by Gasteiger charge is 2.35. The molecule has 1 fully saturated rings. The maximum atomic E-state index is 12.3. The van der Waals surface area contributed by atoms with Gasteiger partial charge in [0, 0.05) is 49.4 Å². The first-order chi connectivity index (χ1) is 16.5. The molecule has 3 unspecified atom stereocenters. The van der Waals surface area contributed by atoms with Crippen molar-refractivity contribution >= 4 is 0 Å². The predicted octanol–water partition coefficient (Wildman–Crippen LogP) is 5.08. The van der Waals surface area contributed by atoms with E-state index in [4.69, 9.17) is 4.74 Å². The molecule has 5 heteroatoms. The van der Waals surface area contributed by atoms with Crippen molar-refractivity contribution in [2.24, 2.45) is 5.92 Å². The number of hydrogen-bond acceptors (Lipinski definition) is 4. The number of aliphatic hydroxyl groups is 1. The Bertz CT molecular complexity index is 1090. The minimum absolute atomic E-state index is 0.00406. The van der Waals surface area contributed by atoms with Gasteiger partial charge in [-0.1, -0.05) is 59.7 Å². The lowest BCUT2D eigenvalue weighted by Crippen LogP contribution is -2.49. The zero-order valence-electron chi connectivity index (χ0n) is 22.5. The highest BCUT2D eigenvalue weighted by molar-refractivity contribution is 5.44. The van der Waals surface area contributed by atoms with E-state index < -0.39 is 6.10 Å². The lowest BCUT2D eigenvalue weighted by molar-refractivity contribution is 0.0380. The molecule has 192 valence electrons. The van der Waals surface area contributed by atoms with Crippen molar-refractivity contribution in [2.75, 3.05) is 26.2 Å². The minimum Gasteiger partial charge on any atom is -0.491 e. The number of β-amino-alcohol motifs (C(OH)–C–C–N with tert-alkyl or cyclic N) is 1. The number of nitrogens with zero attached hydrogens (tertiary/aromatic N) is 2. The second kappa shape index (κ2) is 10.1. The molecule has 0 aliphatic carbocycles. The lowest BCUT2D eigenvalue weighted by atomic mass is 9.76. The Balaban J connectivity index is 1.43. The van der Waals surface area contributed by atoms with Crippen molar-refractivity contribution in [3.05, 3.63) is 63.6 Å². The first-order valence-corrected chi connectivity index (χ1v) is 13.4. The van der Waals surface area contributed by atoms with Gasteiger partial charge in [0.2, 0.25) is 0 Å². The van der Waals surface area contributed by atoms with Crippen LogP contribution in [0.2, 0.25) is 0 Å². The second-order valence-corrected chi connectivity index (χ2v) is 12.1. The maximum absolute atomic E-state index is 12.3. The quantitative estimate of drug-likeness (QED) is 0.544. The molecule has 0 amide bonds. The van der Waals surface area contributed by atoms with Gasteiger partial charge in [0.05, 0.1) is 0 Å². The molecule has 3 atom stereocenters. The maximum Gasteiger partial charge on any atom is 0.250 e. The van der Waals surface area contributed by atoms with Gasteiger partial charge in [-0.2, -0.15) is 0 Å². The van der Waals surface area contributed by atoms with E-state index in [2.05, 4.69) is 70.7 Å². The Labute approximate surface area is 211 Å². The van der Waals surface area contributed by atoms with Gasteiger partial charge in [0.1, 0.15) is 18.5 Å². The van der Waals surface area contributed by atoms with Crippen LogP contribution in [0, 0.1) is 5.92 Å². The molecule has 5 nitrogen and oxygen atoms in total. The summed E-state index contributed by atoms with van der Waals surface area (Å²) >= 11 is 0. The van der Waals surface area contributed by atoms with Crippen molar-refractivity contribution in [1.82, 2.24) is 9.47 Å². The van der Waals surface area contributed by atoms with E-state index in [0.29, 0.717) is 18.4 Å². The molecule has 0 spiro atoms. The van der Waals surface area contributed by atoms with Gasteiger partial charge in [-0.15, -0.1) is 0 Å². The van der Waals surface area contributed by atoms with Gasteiger partial charge in [-0.25, -0.2) is 0 Å². The molecular formula is C30H44N2O3. The molecule has 2 aromatic rings. The summed E-state index contributed by atoms with van der Waals surface area (Å²) in [6, 6.07) is 12.2. The molecule has 1 aromatic heterocycles. The van der Waals surface area contributed by atoms with Crippen LogP contribution in [0.15, 0.2) is 41.2 Å². The first kappa shape index (κ1) is 26.0. The van der Waals surface area contributed by atoms with Crippen LogP contribution >= 0.6 is 0 Å². The Kier molecular flexibility index (Phi) is 7.49. The Hall–Kier alpha value is -2.11. The Morgan fingerprint density at radius 1 is 1.03 bits per heavy atom. The number of piperidine rings is 1. The van der Waals surface area contributed by atoms with Gasteiger partial charge in [0.25, 0.3) is 5.56 Å². The van der Waals surface area contributed by atoms with E-state index in [0.717, 1.165) is 50.3 Å². The van der Waals surface area contributed by atoms with Gasteiger partial charge in [0.15, 0.2) is 0 Å². The van der Waals surface area contributed by atoms with Gasteiger partial charge >= 0.3 is 0 Å². The highest BCUT2D eigenvalue weighted by Crippen LogP contribution is 2.39. The monoisotopic (exact) mass is 480 g/mol. The van der Waals surface area contributed by atoms with Crippen LogP contribution in [0.4, 0.5) is 0 Å². The molecule has 1 saturated heterocycles. The fraction of sp³-hybridized carbons (Fsp3) is 0.633. The number of ether oxygens (including phenoxy) is 1. The second-order valence-electron chi connectivity index (χ2n) is 12.1. The molecule has 4 rings (SSSR count). The van der Waals surface area contributed by atoms with Crippen molar-refractivity contribution < 1.29 is 9.84 Å². The SMILES string of the molecule is CCC(C)(C)c1ccc(OCC(O)CN2CC3CC(C2)c2cccc(=O)n2C3)c(C(C)(C)CC)c1. The highest BCUT2D eigenvalue weighted by atomic mass is 16.5. The summed E-state index contributed by atoms with van der Waals surface area (Å²) in [4.78, 5) is 14.6. The normalized spacial score (nSPS) is 21.5. The van der Waals surface area contributed by atoms with Crippen LogP contribution in [0.25, 0.3) is 0 Å². The van der Waals surface area contributed by atoms with Crippen molar-refractivity contribution in [3.63, 3.8) is 0 Å². The molecule has 1 aromatic carbocycles. The molecule has 2 bridgehead atoms. The third-order valence-electron chi connectivity index (χ3n) is 8.71. The number of aromatic nitrogens is 1. The fourth-order valence-corrected chi connectivity index (χ4v) is 5.68. The summed E-state index contributed by atoms with van der Waals surface area (Å²) in [6.45, 7) is 17.0. The number of likely N-dealkylation sites (tertiary alicyclic amines) is 1. The van der Waals surface area contributed by atoms with Crippen LogP contribution in [0.5, 0.6) is 5.75 Å². The Morgan fingerprint density at radius 3 is 2.49 bits per heavy atom. The molecule has 3 heterocycles. The first-order valence-electron chi connectivity index (χ1n) is 13.4. The summed E-state index contributed by atoms with van der Waals surface area (Å²) < 4.78 is 8.23. The minimum atomic E-state index is -0.559. The van der Waals surface area contributed by atoms with E-state index in [1.807, 2.05) is 10.6 Å². The van der Waals surface area contributed by atoms with E-state index in [9.17, 15) is 9.90 Å². The number of hydrogen-bond donors (Lipinski definition) is 1. The van der Waals surface area contributed by atoms with Crippen LogP contribution in [0.1, 0.15) is 83.5 Å². The van der Waals surface area contributed by atoms with Crippen LogP contribution in [0.3, 0.4) is 0 Å². The summed E-state index contributed by atoms with van der Waals surface area (Å²) in [7, 11) is 0. The fourth-order valence-electron chi connectivity index (χ4n) is 5.68.